The van der Waals surface area contributed by atoms with E-state index in [9.17, 15) is 99.9 Å². The van der Waals surface area contributed by atoms with Gasteiger partial charge in [0.2, 0.25) is 23.1 Å². The number of hydrogen-bond acceptors (Lipinski definition) is 28. The first kappa shape index (κ1) is 44.6. The van der Waals surface area contributed by atoms with Gasteiger partial charge in [0.05, 0.1) is 39.7 Å². The molecule has 9 atom stereocenters. The number of esters is 5. The molecule has 0 aromatic heterocycles. The van der Waals surface area contributed by atoms with Gasteiger partial charge in [0.25, 0.3) is 11.6 Å². The molecule has 28 heteroatoms. The number of benzene rings is 3. The van der Waals surface area contributed by atoms with E-state index in [1.165, 1.54) is 0 Å². The second-order valence-electron chi connectivity index (χ2n) is 16.3. The molecule has 1 saturated heterocycles. The Bertz CT molecular complexity index is 3010. The number of ether oxygens (including phenoxy) is 8. The third-order valence-corrected chi connectivity index (χ3v) is 12.4. The Morgan fingerprint density at radius 3 is 1.67 bits per heavy atom. The maximum absolute atomic E-state index is 14.6. The molecule has 10 rings (SSSR count). The van der Waals surface area contributed by atoms with E-state index < -0.39 is 204 Å². The maximum Gasteiger partial charge on any atom is 0.374 e. The van der Waals surface area contributed by atoms with E-state index in [-0.39, 0.29) is 12.2 Å². The highest BCUT2D eigenvalue weighted by molar-refractivity contribution is 6.11. The Kier molecular flexibility index (Phi) is 9.14. The zero-order valence-electron chi connectivity index (χ0n) is 33.7. The van der Waals surface area contributed by atoms with Crippen LogP contribution in [0.5, 0.6) is 51.7 Å². The van der Waals surface area contributed by atoms with Crippen molar-refractivity contribution < 1.29 is 138 Å². The number of rotatable bonds is 2. The molecule has 3 aromatic rings. The number of aliphatic hydroxyl groups is 6. The SMILES string of the molecule is O=C1OC2C3COC(=O)C4=CC(=O)C5(OC(=O)c6cc(O)c(O)c(O)c6)Oc6c(O)c(O)cc(c6C4C5(O)O)C(=O)OC2C(OC(=O)c2cc(O)c(O)c4c2C2C1=CC(=O)C(O)(O4)C2(O)O)C(O)O3. The molecule has 1 fully saturated rings. The summed E-state index contributed by atoms with van der Waals surface area (Å²) in [6.07, 6.45) is -11.4. The van der Waals surface area contributed by atoms with Crippen LogP contribution in [0.3, 0.4) is 0 Å². The summed E-state index contributed by atoms with van der Waals surface area (Å²) in [7, 11) is 0. The molecule has 5 heterocycles. The number of carbonyl (C=O) groups is 7. The number of hydrogen-bond donors (Lipinski definition) is 13. The molecule has 3 aromatic carbocycles. The van der Waals surface area contributed by atoms with Crippen molar-refractivity contribution >= 4 is 41.4 Å². The van der Waals surface area contributed by atoms with E-state index in [2.05, 4.69) is 0 Å². The van der Waals surface area contributed by atoms with Crippen LogP contribution in [0, 0.1) is 0 Å². The van der Waals surface area contributed by atoms with Gasteiger partial charge in [-0.15, -0.1) is 0 Å². The monoisotopic (exact) mass is 968 g/mol. The first-order valence-electron chi connectivity index (χ1n) is 19.6. The van der Waals surface area contributed by atoms with Crippen molar-refractivity contribution in [3.63, 3.8) is 0 Å². The van der Waals surface area contributed by atoms with E-state index >= 15 is 0 Å². The lowest BCUT2D eigenvalue weighted by Crippen LogP contribution is -2.72. The highest BCUT2D eigenvalue weighted by atomic mass is 16.8. The van der Waals surface area contributed by atoms with Crippen molar-refractivity contribution in [2.75, 3.05) is 6.61 Å². The van der Waals surface area contributed by atoms with E-state index in [1.807, 2.05) is 0 Å². The quantitative estimate of drug-likeness (QED) is 0.0506. The minimum absolute atomic E-state index is 0.269. The van der Waals surface area contributed by atoms with Crippen molar-refractivity contribution in [1.82, 2.24) is 0 Å². The van der Waals surface area contributed by atoms with Crippen molar-refractivity contribution in [3.05, 3.63) is 75.4 Å². The Hall–Kier alpha value is -8.25. The van der Waals surface area contributed by atoms with Gasteiger partial charge >= 0.3 is 41.4 Å². The molecule has 7 aliphatic rings. The van der Waals surface area contributed by atoms with Crippen LogP contribution in [0.25, 0.3) is 0 Å². The molecule has 0 spiro atoms. The number of fused-ring (bicyclic) bond motifs is 2. The maximum atomic E-state index is 14.6. The Balaban J connectivity index is 1.14. The largest absolute Gasteiger partial charge is 0.504 e. The van der Waals surface area contributed by atoms with Crippen molar-refractivity contribution in [3.8, 4) is 51.7 Å². The van der Waals surface area contributed by atoms with Gasteiger partial charge in [0, 0.05) is 17.2 Å². The molecule has 0 saturated carbocycles. The topological polar surface area (TPSA) is 456 Å². The Labute approximate surface area is 378 Å². The highest BCUT2D eigenvalue weighted by Gasteiger charge is 2.74. The fourth-order valence-electron chi connectivity index (χ4n) is 9.14. The van der Waals surface area contributed by atoms with Crippen LogP contribution >= 0.6 is 0 Å². The average Bonchev–Trinajstić information content (AvgIpc) is 3.27. The second-order valence-corrected chi connectivity index (χ2v) is 16.3. The lowest BCUT2D eigenvalue weighted by Gasteiger charge is -2.51. The Morgan fingerprint density at radius 1 is 0.580 bits per heavy atom. The smallest absolute Gasteiger partial charge is 0.374 e. The van der Waals surface area contributed by atoms with E-state index in [1.54, 1.807) is 0 Å². The van der Waals surface area contributed by atoms with Crippen molar-refractivity contribution in [2.45, 2.75) is 65.7 Å². The van der Waals surface area contributed by atoms with Crippen LogP contribution in [-0.4, -0.2) is 168 Å². The summed E-state index contributed by atoms with van der Waals surface area (Å²) in [5.41, 5.74) is -7.37. The second kappa shape index (κ2) is 14.1. The first-order chi connectivity index (χ1) is 32.2. The zero-order chi connectivity index (χ0) is 49.9. The van der Waals surface area contributed by atoms with Crippen LogP contribution in [0.1, 0.15) is 54.0 Å². The molecule has 28 nitrogen and oxygen atoms in total. The number of aromatic hydroxyl groups is 7. The minimum Gasteiger partial charge on any atom is -0.504 e. The normalized spacial score (nSPS) is 31.2. The van der Waals surface area contributed by atoms with Gasteiger partial charge in [0.15, 0.2) is 64.8 Å². The highest BCUT2D eigenvalue weighted by Crippen LogP contribution is 2.61. The van der Waals surface area contributed by atoms with Crippen LogP contribution < -0.4 is 9.47 Å². The number of phenols is 7. The summed E-state index contributed by atoms with van der Waals surface area (Å²) in [6.45, 7) is -1.29. The van der Waals surface area contributed by atoms with Crippen LogP contribution in [0.2, 0.25) is 0 Å². The van der Waals surface area contributed by atoms with Crippen LogP contribution in [-0.2, 0) is 47.6 Å². The summed E-state index contributed by atoms with van der Waals surface area (Å²) in [6, 6.07) is 1.79. The molecular weight excluding hydrogens is 940 g/mol. The van der Waals surface area contributed by atoms with Gasteiger partial charge in [0.1, 0.15) is 12.7 Å². The molecule has 2 aliphatic carbocycles. The van der Waals surface area contributed by atoms with Crippen LogP contribution in [0.15, 0.2) is 47.6 Å². The van der Waals surface area contributed by atoms with Crippen LogP contribution in [0.4, 0.5) is 0 Å². The minimum atomic E-state index is -4.10. The fraction of sp³-hybridized carbons (Fsp3) is 0.293. The van der Waals surface area contributed by atoms with E-state index in [0.29, 0.717) is 24.3 Å². The standard InChI is InChI=1S/C41H28O28/c42-13-1-8(2-14(43)24(13)48)32(51)69-41-19(47)6-11-23(39(41,59)60)21-10(4-16(45)26(50)29(21)68-41)34(53)65-30-27-17(7-62-33(11)52)63-37(56)31(30)66-35(54)9-3-15(44)25(49)28-20(9)22-12(36(55)64-27)5-18(46)40(61,67-28)38(22,57)58/h1-6,17,22-23,27,30-31,37,42-45,48-50,56-61H,7H2. The molecular formula is C41H28O28. The van der Waals surface area contributed by atoms with Crippen molar-refractivity contribution in [1.29, 1.82) is 0 Å². The average molecular weight is 969 g/mol. The molecule has 8 bridgehead atoms. The van der Waals surface area contributed by atoms with Gasteiger partial charge in [-0.2, -0.15) is 0 Å². The Morgan fingerprint density at radius 2 is 1.07 bits per heavy atom. The van der Waals surface area contributed by atoms with Gasteiger partial charge in [-0.05, 0) is 30.3 Å². The molecule has 9 unspecified atom stereocenters. The third kappa shape index (κ3) is 5.78. The van der Waals surface area contributed by atoms with E-state index in [0.717, 1.165) is 0 Å². The molecule has 13 N–H and O–H groups in total. The molecule has 360 valence electrons. The zero-order valence-corrected chi connectivity index (χ0v) is 33.7. The summed E-state index contributed by atoms with van der Waals surface area (Å²) in [4.78, 5) is 98.2. The summed E-state index contributed by atoms with van der Waals surface area (Å²) in [5.74, 6) is -44.6. The van der Waals surface area contributed by atoms with Gasteiger partial charge in [-0.3, -0.25) is 9.59 Å². The van der Waals surface area contributed by atoms with Gasteiger partial charge < -0.3 is 104 Å². The predicted octanol–water partition coefficient (Wildman–Crippen LogP) is -3.85. The molecule has 69 heavy (non-hydrogen) atoms. The number of aliphatic hydroxyl groups excluding tert-OH is 1. The summed E-state index contributed by atoms with van der Waals surface area (Å²) >= 11 is 0. The van der Waals surface area contributed by atoms with Gasteiger partial charge in [-0.1, -0.05) is 0 Å². The first-order valence-corrected chi connectivity index (χ1v) is 19.6. The summed E-state index contributed by atoms with van der Waals surface area (Å²) in [5, 5.41) is 142. The molecule has 0 amide bonds. The molecule has 0 radical (unpaired) electrons. The number of cyclic esters (lactones) is 1. The molecule has 5 aliphatic heterocycles. The predicted molar refractivity (Wildman–Crippen MR) is 201 cm³/mol. The summed E-state index contributed by atoms with van der Waals surface area (Å²) < 4.78 is 43.4. The number of ketones is 2. The third-order valence-electron chi connectivity index (χ3n) is 12.4. The lowest BCUT2D eigenvalue weighted by molar-refractivity contribution is -0.339. The number of carbonyl (C=O) groups excluding carboxylic acids is 7. The number of phenolic OH excluding ortho intramolecular Hbond substituents is 7. The van der Waals surface area contributed by atoms with Gasteiger partial charge in [-0.25, -0.2) is 24.0 Å². The lowest BCUT2D eigenvalue weighted by atomic mass is 9.70. The fourth-order valence-corrected chi connectivity index (χ4v) is 9.14. The van der Waals surface area contributed by atoms with E-state index in [4.69, 9.17) is 37.9 Å². The van der Waals surface area contributed by atoms with Crippen molar-refractivity contribution in [2.24, 2.45) is 0 Å².